The Balaban J connectivity index is 2.20. The molecule has 1 saturated carbocycles. The molecular weight excluding hydrogens is 216 g/mol. The number of likely N-dealkylation sites (N-methyl/N-ethyl adjacent to an activating group) is 1. The van der Waals surface area contributed by atoms with E-state index in [9.17, 15) is 0 Å². The summed E-state index contributed by atoms with van der Waals surface area (Å²) in [5, 5.41) is 7.73. The molecule has 1 N–H and O–H groups in total. The first-order chi connectivity index (χ1) is 8.31. The highest BCUT2D eigenvalue weighted by Gasteiger charge is 2.39. The van der Waals surface area contributed by atoms with Gasteiger partial charge in [0.2, 0.25) is 0 Å². The molecule has 0 aliphatic heterocycles. The second kappa shape index (κ2) is 5.60. The Labute approximate surface area is 103 Å². The smallest absolute Gasteiger partial charge is 0.146 e. The number of hydrogen-bond acceptors (Lipinski definition) is 4. The lowest BCUT2D eigenvalue weighted by atomic mass is 10.1. The van der Waals surface area contributed by atoms with Crippen LogP contribution in [-0.4, -0.2) is 34.5 Å². The van der Waals surface area contributed by atoms with E-state index < -0.39 is 0 Å². The molecule has 1 aromatic heterocycles. The Morgan fingerprint density at radius 2 is 2.29 bits per heavy atom. The van der Waals surface area contributed by atoms with Gasteiger partial charge in [-0.05, 0) is 32.2 Å². The zero-order chi connectivity index (χ0) is 12.3. The normalized spacial score (nSPS) is 19.2. The highest BCUT2D eigenvalue weighted by atomic mass is 16.5. The fraction of sp³-hybridized carbons (Fsp3) is 0.833. The Hall–Kier alpha value is -0.940. The zero-order valence-electron chi connectivity index (χ0n) is 10.9. The van der Waals surface area contributed by atoms with Crippen LogP contribution in [0.5, 0.6) is 0 Å². The van der Waals surface area contributed by atoms with Crippen LogP contribution >= 0.6 is 0 Å². The van der Waals surface area contributed by atoms with Gasteiger partial charge in [0, 0.05) is 13.7 Å². The molecule has 2 atom stereocenters. The summed E-state index contributed by atoms with van der Waals surface area (Å²) in [6.45, 7) is 5.95. The molecule has 0 aromatic carbocycles. The van der Waals surface area contributed by atoms with Gasteiger partial charge in [-0.1, -0.05) is 6.92 Å². The summed E-state index contributed by atoms with van der Waals surface area (Å²) in [5.41, 5.74) is 0. The third kappa shape index (κ3) is 2.66. The Morgan fingerprint density at radius 1 is 1.53 bits per heavy atom. The quantitative estimate of drug-likeness (QED) is 0.779. The van der Waals surface area contributed by atoms with Crippen LogP contribution < -0.4 is 5.32 Å². The van der Waals surface area contributed by atoms with Gasteiger partial charge in [-0.3, -0.25) is 0 Å². The van der Waals surface area contributed by atoms with E-state index in [4.69, 9.17) is 4.74 Å². The number of ether oxygens (including phenoxy) is 1. The maximum Gasteiger partial charge on any atom is 0.146 e. The van der Waals surface area contributed by atoms with E-state index in [-0.39, 0.29) is 12.1 Å². The molecule has 1 aliphatic carbocycles. The molecule has 1 aliphatic rings. The minimum Gasteiger partial charge on any atom is -0.379 e. The summed E-state index contributed by atoms with van der Waals surface area (Å²) in [6.07, 6.45) is 4.37. The molecule has 2 rings (SSSR count). The van der Waals surface area contributed by atoms with Crippen molar-refractivity contribution < 1.29 is 4.74 Å². The molecule has 0 spiro atoms. The molecule has 0 amide bonds. The van der Waals surface area contributed by atoms with Crippen LogP contribution in [0.15, 0.2) is 6.33 Å². The summed E-state index contributed by atoms with van der Waals surface area (Å²) in [4.78, 5) is 4.39. The van der Waals surface area contributed by atoms with E-state index in [0.717, 1.165) is 18.9 Å². The van der Waals surface area contributed by atoms with Crippen molar-refractivity contribution in [2.24, 2.45) is 5.92 Å². The van der Waals surface area contributed by atoms with Crippen LogP contribution in [0.2, 0.25) is 0 Å². The summed E-state index contributed by atoms with van der Waals surface area (Å²) in [7, 11) is 1.79. The zero-order valence-corrected chi connectivity index (χ0v) is 10.9. The first-order valence-corrected chi connectivity index (χ1v) is 6.45. The summed E-state index contributed by atoms with van der Waals surface area (Å²) in [5.74, 6) is 1.67. The third-order valence-electron chi connectivity index (χ3n) is 3.33. The van der Waals surface area contributed by atoms with Gasteiger partial charge in [-0.15, -0.1) is 0 Å². The minimum absolute atomic E-state index is 0.153. The highest BCUT2D eigenvalue weighted by Crippen LogP contribution is 2.39. The molecule has 17 heavy (non-hydrogen) atoms. The molecule has 2 unspecified atom stereocenters. The molecule has 0 saturated heterocycles. The maximum absolute atomic E-state index is 5.67. The van der Waals surface area contributed by atoms with Gasteiger partial charge >= 0.3 is 0 Å². The Kier molecular flexibility index (Phi) is 4.12. The van der Waals surface area contributed by atoms with Gasteiger partial charge in [0.15, 0.2) is 0 Å². The van der Waals surface area contributed by atoms with Crippen molar-refractivity contribution in [3.05, 3.63) is 12.2 Å². The second-order valence-electron chi connectivity index (χ2n) is 4.51. The molecule has 5 heteroatoms. The molecule has 0 bridgehead atoms. The van der Waals surface area contributed by atoms with Crippen molar-refractivity contribution in [3.8, 4) is 0 Å². The van der Waals surface area contributed by atoms with E-state index in [2.05, 4.69) is 29.2 Å². The number of nitrogens with zero attached hydrogens (tertiary/aromatic N) is 3. The van der Waals surface area contributed by atoms with E-state index >= 15 is 0 Å². The van der Waals surface area contributed by atoms with Crippen LogP contribution in [0.25, 0.3) is 0 Å². The van der Waals surface area contributed by atoms with Crippen LogP contribution in [0.3, 0.4) is 0 Å². The van der Waals surface area contributed by atoms with E-state index in [0.29, 0.717) is 5.92 Å². The predicted molar refractivity (Wildman–Crippen MR) is 65.6 cm³/mol. The molecule has 1 heterocycles. The lowest BCUT2D eigenvalue weighted by molar-refractivity contribution is 0.0471. The average molecular weight is 238 g/mol. The van der Waals surface area contributed by atoms with Crippen molar-refractivity contribution in [1.29, 1.82) is 0 Å². The number of aromatic nitrogens is 3. The topological polar surface area (TPSA) is 52.0 Å². The predicted octanol–water partition coefficient (Wildman–Crippen LogP) is 1.37. The largest absolute Gasteiger partial charge is 0.379 e. The molecule has 96 valence electrons. The monoisotopic (exact) mass is 238 g/mol. The van der Waals surface area contributed by atoms with Crippen LogP contribution in [0.4, 0.5) is 0 Å². The van der Waals surface area contributed by atoms with Crippen LogP contribution in [0, 0.1) is 5.92 Å². The third-order valence-corrected chi connectivity index (χ3v) is 3.33. The van der Waals surface area contributed by atoms with Gasteiger partial charge in [0.25, 0.3) is 0 Å². The van der Waals surface area contributed by atoms with Gasteiger partial charge < -0.3 is 10.1 Å². The van der Waals surface area contributed by atoms with Crippen molar-refractivity contribution in [2.75, 3.05) is 13.7 Å². The maximum atomic E-state index is 5.67. The molecule has 1 fully saturated rings. The summed E-state index contributed by atoms with van der Waals surface area (Å²) in [6, 6.07) is 0.153. The molecule has 5 nitrogen and oxygen atoms in total. The van der Waals surface area contributed by atoms with E-state index in [1.165, 1.54) is 12.8 Å². The van der Waals surface area contributed by atoms with Crippen molar-refractivity contribution in [3.63, 3.8) is 0 Å². The summed E-state index contributed by atoms with van der Waals surface area (Å²) >= 11 is 0. The average Bonchev–Trinajstić information content (AvgIpc) is 3.06. The molecule has 0 radical (unpaired) electrons. The van der Waals surface area contributed by atoms with Gasteiger partial charge in [-0.2, -0.15) is 5.10 Å². The first-order valence-electron chi connectivity index (χ1n) is 6.45. The number of methoxy groups -OCH3 is 1. The molecular formula is C12H22N4O. The fourth-order valence-electron chi connectivity index (χ4n) is 2.36. The van der Waals surface area contributed by atoms with Crippen LogP contribution in [-0.2, 0) is 11.3 Å². The Morgan fingerprint density at radius 3 is 2.82 bits per heavy atom. The number of nitrogens with one attached hydrogen (secondary N) is 1. The highest BCUT2D eigenvalue weighted by molar-refractivity contribution is 5.02. The lowest BCUT2D eigenvalue weighted by Crippen LogP contribution is -2.36. The van der Waals surface area contributed by atoms with E-state index in [1.807, 2.05) is 4.68 Å². The van der Waals surface area contributed by atoms with Crippen molar-refractivity contribution >= 4 is 0 Å². The van der Waals surface area contributed by atoms with Crippen LogP contribution in [0.1, 0.15) is 38.6 Å². The number of hydrogen-bond donors (Lipinski definition) is 1. The van der Waals surface area contributed by atoms with Gasteiger partial charge in [0.05, 0.1) is 12.1 Å². The van der Waals surface area contributed by atoms with Gasteiger partial charge in [0.1, 0.15) is 12.2 Å². The lowest BCUT2D eigenvalue weighted by Gasteiger charge is -2.26. The fourth-order valence-corrected chi connectivity index (χ4v) is 2.36. The first kappa shape index (κ1) is 12.5. The number of aryl methyl sites for hydroxylation is 1. The van der Waals surface area contributed by atoms with Crippen molar-refractivity contribution in [2.45, 2.75) is 45.4 Å². The van der Waals surface area contributed by atoms with Gasteiger partial charge in [-0.25, -0.2) is 9.67 Å². The Bertz CT molecular complexity index is 348. The SMILES string of the molecule is CCNC(c1ncnn1CC)C(OC)C1CC1. The van der Waals surface area contributed by atoms with Crippen molar-refractivity contribution in [1.82, 2.24) is 20.1 Å². The van der Waals surface area contributed by atoms with E-state index in [1.54, 1.807) is 13.4 Å². The number of rotatable bonds is 7. The molecule has 1 aromatic rings. The minimum atomic E-state index is 0.153. The summed E-state index contributed by atoms with van der Waals surface area (Å²) < 4.78 is 7.61. The second-order valence-corrected chi connectivity index (χ2v) is 4.51. The standard InChI is InChI=1S/C12H22N4O/c1-4-13-10(11(17-3)9-6-7-9)12-14-8-15-16(12)5-2/h8-11,13H,4-7H2,1-3H3.